The first-order valence-corrected chi connectivity index (χ1v) is 50.7. The summed E-state index contributed by atoms with van der Waals surface area (Å²) in [6, 6.07) is 37.3. The molecule has 0 bridgehead atoms. The average Bonchev–Trinajstić information content (AvgIpc) is 1.57. The summed E-state index contributed by atoms with van der Waals surface area (Å²) in [6.45, 7) is 28.9. The zero-order valence-electron chi connectivity index (χ0n) is 56.4. The Kier molecular flexibility index (Phi) is 20.2. The maximum Gasteiger partial charge on any atom is 0.305 e. The molecule has 0 fully saturated rings. The van der Waals surface area contributed by atoms with E-state index >= 15 is 0 Å². The fourth-order valence-corrected chi connectivity index (χ4v) is 19.1. The van der Waals surface area contributed by atoms with Gasteiger partial charge >= 0.3 is 23.9 Å². The van der Waals surface area contributed by atoms with E-state index < -0.39 is 43.1 Å². The Hall–Kier alpha value is -6.51. The molecule has 11 rings (SSSR count). The Bertz CT molecular complexity index is 3980. The molecule has 0 saturated carbocycles. The molecule has 0 amide bonds. The van der Waals surface area contributed by atoms with E-state index in [1.165, 1.54) is 23.1 Å². The van der Waals surface area contributed by atoms with Crippen molar-refractivity contribution in [1.82, 2.24) is 8.75 Å². The van der Waals surface area contributed by atoms with Crippen molar-refractivity contribution in [2.24, 2.45) is 8.73 Å². The van der Waals surface area contributed by atoms with E-state index in [2.05, 4.69) is 151 Å². The van der Waals surface area contributed by atoms with Gasteiger partial charge < -0.3 is 30.4 Å². The first-order valence-electron chi connectivity index (χ1n) is 32.8. The van der Waals surface area contributed by atoms with Gasteiger partial charge in [-0.2, -0.15) is 17.5 Å². The average molecular weight is 1410 g/mol. The largest absolute Gasteiger partial charge is 0.466 e. The van der Waals surface area contributed by atoms with E-state index in [1.54, 1.807) is 22.7 Å². The zero-order chi connectivity index (χ0) is 67.1. The van der Waals surface area contributed by atoms with Crippen LogP contribution < -0.4 is 11.5 Å². The maximum atomic E-state index is 13.7. The van der Waals surface area contributed by atoms with Crippen molar-refractivity contribution in [2.45, 2.75) is 165 Å². The normalized spacial score (nSPS) is 14.3. The van der Waals surface area contributed by atoms with Crippen molar-refractivity contribution in [2.75, 3.05) is 37.9 Å². The topological polar surface area (TPSA) is 208 Å². The summed E-state index contributed by atoms with van der Waals surface area (Å²) < 4.78 is 43.6. The number of anilines is 2. The number of carbonyl (C=O) groups is 4. The molecular weight excluding hydrogens is 1320 g/mol. The molecule has 5 aromatic carbocycles. The Labute approximate surface area is 573 Å². The molecule has 3 aromatic heterocycles. The highest BCUT2D eigenvalue weighted by molar-refractivity contribution is 7.58. The molecular formula is C72H88N6O8S4Si4. The van der Waals surface area contributed by atoms with Crippen LogP contribution in [-0.2, 0) is 60.3 Å². The summed E-state index contributed by atoms with van der Waals surface area (Å²) in [5, 5.41) is 0. The third kappa shape index (κ3) is 15.3. The smallest absolute Gasteiger partial charge is 0.305 e. The maximum absolute atomic E-state index is 13.7. The molecule has 1 aliphatic heterocycles. The fourth-order valence-electron chi connectivity index (χ4n) is 13.1. The lowest BCUT2D eigenvalue weighted by molar-refractivity contribution is -0.145. The number of nitrogens with two attached hydrogens (primary N) is 2. The van der Waals surface area contributed by atoms with Gasteiger partial charge in [0.1, 0.15) is 22.4 Å². The van der Waals surface area contributed by atoms with E-state index in [-0.39, 0.29) is 49.6 Å². The number of benzene rings is 5. The number of esters is 4. The summed E-state index contributed by atoms with van der Waals surface area (Å²) >= 11 is 5.64. The van der Waals surface area contributed by atoms with Gasteiger partial charge in [-0.1, -0.05) is 115 Å². The summed E-state index contributed by atoms with van der Waals surface area (Å²) in [5.41, 5.74) is 28.0. The molecule has 14 nitrogen and oxygen atoms in total. The van der Waals surface area contributed by atoms with Gasteiger partial charge in [0.2, 0.25) is 0 Å². The summed E-state index contributed by atoms with van der Waals surface area (Å²) in [6.07, 6.45) is 2.43. The number of aromatic nitrogens is 2. The number of fused-ring (bicyclic) bond motifs is 8. The van der Waals surface area contributed by atoms with Crippen LogP contribution in [-0.4, -0.2) is 91.3 Å². The second-order valence-electron chi connectivity index (χ2n) is 30.4. The van der Waals surface area contributed by atoms with Gasteiger partial charge in [0.05, 0.1) is 49.5 Å². The molecule has 494 valence electrons. The van der Waals surface area contributed by atoms with Crippen LogP contribution in [0.15, 0.2) is 106 Å². The van der Waals surface area contributed by atoms with E-state index in [0.717, 1.165) is 133 Å². The first kappa shape index (κ1) is 68.9. The Balaban J connectivity index is 0.919. The Morgan fingerprint density at radius 2 is 0.702 bits per heavy atom. The van der Waals surface area contributed by atoms with Crippen LogP contribution in [0.3, 0.4) is 0 Å². The van der Waals surface area contributed by atoms with Gasteiger partial charge in [0, 0.05) is 111 Å². The zero-order valence-corrected chi connectivity index (χ0v) is 63.7. The van der Waals surface area contributed by atoms with Gasteiger partial charge in [-0.25, -0.2) is 0 Å². The van der Waals surface area contributed by atoms with Crippen LogP contribution in [0.2, 0.25) is 103 Å². The number of carbonyl (C=O) groups excluding carboxylic acids is 4. The molecule has 0 spiro atoms. The summed E-state index contributed by atoms with van der Waals surface area (Å²) in [5.74, 6) is -0.981. The number of ether oxygens (including phenoxy) is 4. The lowest BCUT2D eigenvalue weighted by atomic mass is 9.71. The van der Waals surface area contributed by atoms with Crippen LogP contribution in [0.25, 0.3) is 75.0 Å². The number of hydrogen-bond donors (Lipinski definition) is 2. The van der Waals surface area contributed by atoms with Crippen molar-refractivity contribution < 1.29 is 38.1 Å². The van der Waals surface area contributed by atoms with Crippen LogP contribution in [0, 0.1) is 0 Å². The lowest BCUT2D eigenvalue weighted by Gasteiger charge is -2.32. The predicted octanol–water partition coefficient (Wildman–Crippen LogP) is 19.6. The van der Waals surface area contributed by atoms with Crippen molar-refractivity contribution in [3.8, 4) is 64.0 Å². The molecule has 3 aliphatic rings. The monoisotopic (exact) mass is 1400 g/mol. The fraction of sp³-hybridized carbons (Fsp3) is 0.417. The first-order chi connectivity index (χ1) is 44.5. The molecule has 0 atom stereocenters. The van der Waals surface area contributed by atoms with E-state index in [1.807, 2.05) is 24.3 Å². The van der Waals surface area contributed by atoms with E-state index in [9.17, 15) is 19.2 Å². The third-order valence-corrected chi connectivity index (χ3v) is 28.6. The van der Waals surface area contributed by atoms with E-state index in [4.69, 9.17) is 47.9 Å². The van der Waals surface area contributed by atoms with Gasteiger partial charge in [-0.15, -0.1) is 22.7 Å². The predicted molar refractivity (Wildman–Crippen MR) is 401 cm³/mol. The van der Waals surface area contributed by atoms with Crippen molar-refractivity contribution in [3.63, 3.8) is 0 Å². The van der Waals surface area contributed by atoms with Gasteiger partial charge in [0.25, 0.3) is 0 Å². The van der Waals surface area contributed by atoms with Crippen molar-refractivity contribution in [1.29, 1.82) is 0 Å². The highest BCUT2D eigenvalue weighted by atomic mass is 32.1. The minimum atomic E-state index is -1.45. The molecule has 4 heterocycles. The van der Waals surface area contributed by atoms with Crippen LogP contribution in [0.1, 0.15) is 73.6 Å². The van der Waals surface area contributed by atoms with Gasteiger partial charge in [0.15, 0.2) is 0 Å². The molecule has 94 heavy (non-hydrogen) atoms. The van der Waals surface area contributed by atoms with Gasteiger partial charge in [-0.3, -0.25) is 19.2 Å². The molecule has 4 N–H and O–H groups in total. The molecule has 22 heteroatoms. The Morgan fingerprint density at radius 1 is 0.404 bits per heavy atom. The Morgan fingerprint density at radius 3 is 1.02 bits per heavy atom. The lowest BCUT2D eigenvalue weighted by Crippen LogP contribution is -2.29. The number of hydrogen-bond acceptors (Lipinski definition) is 17. The van der Waals surface area contributed by atoms with Crippen molar-refractivity contribution >= 4 is 136 Å². The van der Waals surface area contributed by atoms with Crippen LogP contribution in [0.4, 0.5) is 22.7 Å². The standard InChI is InChI=1S/C72H88N6O8S4Si4/c1-91(2,3)37-33-83-61(79)25-29-71(30-26-62(80)84-34-38-92(4,5)6)53-41-45(13-17-49(53)51-19-15-47(73)43-55(51)71)57-21-23-59(87-57)65-67-69(77-89-75-67)66(70-68(65)76-90-78-70)60-24-22-58(88-60)46-14-18-50-52-20-16-48(74)44-56(52)72(54(50)42-46,31-27-63(81)85-35-39-93(7,8)9)32-28-64(82)86-36-40-94(10,11)12/h13-24,41-44H,25-40,73-74H2,1-12H3. The second-order valence-corrected chi connectivity index (χ2v) is 56.1. The SMILES string of the molecule is C[Si](C)(C)CCOC(=O)CCC1(CCC(=O)OCC[Si](C)(C)C)c2cc(N)ccc2-c2ccc(-c3ccc(-c4c5c(c(-c6ccc(-c7ccc8c(c7)C(CCC(=O)OCC[Si](C)(C)C)(CCC(=O)OCC[Si](C)(C)C)c7cc(N)ccc7-8)s6)c6nsnc46)N=S=N5)s3)cc21. The number of thiophene rings is 2. The number of nitrogen functional groups attached to an aromatic ring is 2. The van der Waals surface area contributed by atoms with Crippen LogP contribution >= 0.6 is 34.4 Å². The minimum Gasteiger partial charge on any atom is -0.466 e. The number of rotatable bonds is 28. The van der Waals surface area contributed by atoms with Gasteiger partial charge in [-0.05, 0) is 166 Å². The molecule has 0 radical (unpaired) electrons. The quantitative estimate of drug-likeness (QED) is 0.0203. The molecule has 0 saturated heterocycles. The number of nitrogens with zero attached hydrogens (tertiary/aromatic N) is 4. The molecule has 2 aliphatic carbocycles. The molecule has 8 aromatic rings. The van der Waals surface area contributed by atoms with Crippen molar-refractivity contribution in [3.05, 3.63) is 119 Å². The molecule has 0 unspecified atom stereocenters. The highest BCUT2D eigenvalue weighted by Gasteiger charge is 2.46. The van der Waals surface area contributed by atoms with E-state index in [0.29, 0.717) is 63.5 Å². The third-order valence-electron chi connectivity index (χ3n) is 18.5. The van der Waals surface area contributed by atoms with Crippen LogP contribution in [0.5, 0.6) is 0 Å². The summed E-state index contributed by atoms with van der Waals surface area (Å²) in [7, 11) is -5.78. The second kappa shape index (κ2) is 27.5. The summed E-state index contributed by atoms with van der Waals surface area (Å²) in [4.78, 5) is 58.8. The highest BCUT2D eigenvalue weighted by Crippen LogP contribution is 2.59. The minimum absolute atomic E-state index is 0.176.